The summed E-state index contributed by atoms with van der Waals surface area (Å²) >= 11 is 0. The Hall–Kier alpha value is -1.35. The first kappa shape index (κ1) is 13.0. The van der Waals surface area contributed by atoms with Gasteiger partial charge in [-0.15, -0.1) is 0 Å². The summed E-state index contributed by atoms with van der Waals surface area (Å²) in [7, 11) is 0. The number of Topliss-reactive ketones (excluding diaryl/α,β-unsaturated/α-hetero) is 1. The molecule has 1 N–H and O–H groups in total. The Bertz CT molecular complexity index is 769. The van der Waals surface area contributed by atoms with Crippen LogP contribution in [0.1, 0.15) is 49.0 Å². The number of phenolic OH excluding ortho intramolecular Hbond substituents is 1. The van der Waals surface area contributed by atoms with Crippen LogP contribution in [-0.2, 0) is 5.41 Å². The second kappa shape index (κ2) is 3.51. The molecule has 6 atom stereocenters. The average Bonchev–Trinajstić information content (AvgIpc) is 3.31. The minimum Gasteiger partial charge on any atom is -0.508 e. The number of phenols is 1. The van der Waals surface area contributed by atoms with Crippen LogP contribution in [0.3, 0.4) is 0 Å². The third kappa shape index (κ3) is 1.10. The fourth-order valence-corrected chi connectivity index (χ4v) is 7.10. The summed E-state index contributed by atoms with van der Waals surface area (Å²) in [5, 5.41) is 10.0. The van der Waals surface area contributed by atoms with Crippen molar-refractivity contribution in [1.29, 1.82) is 0 Å². The molecule has 0 radical (unpaired) electrons. The molecule has 3 nitrogen and oxygen atoms in total. The number of fused-ring (bicyclic) bond motifs is 2. The summed E-state index contributed by atoms with van der Waals surface area (Å²) in [5.41, 5.74) is 1.96. The van der Waals surface area contributed by atoms with Gasteiger partial charge in [0.2, 0.25) is 0 Å². The van der Waals surface area contributed by atoms with Crippen LogP contribution in [0, 0.1) is 23.2 Å². The van der Waals surface area contributed by atoms with E-state index in [0.717, 1.165) is 17.0 Å². The van der Waals surface area contributed by atoms with E-state index in [1.807, 2.05) is 12.1 Å². The fraction of sp³-hybridized carbons (Fsp3) is 0.650. The summed E-state index contributed by atoms with van der Waals surface area (Å²) in [5.74, 6) is 2.53. The minimum atomic E-state index is -0.0902. The molecule has 4 aliphatic carbocycles. The minimum absolute atomic E-state index is 0.0431. The van der Waals surface area contributed by atoms with E-state index >= 15 is 0 Å². The Kier molecular flexibility index (Phi) is 1.98. The van der Waals surface area contributed by atoms with Gasteiger partial charge in [0.25, 0.3) is 0 Å². The molecule has 120 valence electrons. The topological polar surface area (TPSA) is 40.5 Å². The van der Waals surface area contributed by atoms with Gasteiger partial charge in [0.15, 0.2) is 5.78 Å². The Morgan fingerprint density at radius 3 is 2.87 bits per heavy atom. The Labute approximate surface area is 136 Å². The maximum atomic E-state index is 13.4. The molecule has 0 amide bonds. The molecule has 1 aromatic carbocycles. The molecule has 3 unspecified atom stereocenters. The smallest absolute Gasteiger partial charge is 0.172 e. The largest absolute Gasteiger partial charge is 0.508 e. The SMILES string of the molecule is C[C@H]1[C@@H]2N(CC3CC3)C3CC4C32C(=O)c2ccc(O)cc2[C@]41C. The Morgan fingerprint density at radius 1 is 1.35 bits per heavy atom. The van der Waals surface area contributed by atoms with Crippen molar-refractivity contribution >= 4 is 5.78 Å². The van der Waals surface area contributed by atoms with Gasteiger partial charge in [-0.25, -0.2) is 0 Å². The number of benzene rings is 1. The average molecular weight is 309 g/mol. The van der Waals surface area contributed by atoms with E-state index in [4.69, 9.17) is 0 Å². The van der Waals surface area contributed by atoms with Crippen molar-refractivity contribution in [3.8, 4) is 5.75 Å². The van der Waals surface area contributed by atoms with E-state index in [1.54, 1.807) is 6.07 Å². The highest BCUT2D eigenvalue weighted by Gasteiger charge is 2.86. The van der Waals surface area contributed by atoms with Gasteiger partial charge < -0.3 is 5.11 Å². The molecule has 1 spiro atoms. The molecule has 3 heteroatoms. The molecular formula is C20H23NO2. The molecule has 1 aliphatic heterocycles. The summed E-state index contributed by atoms with van der Waals surface area (Å²) in [4.78, 5) is 16.1. The van der Waals surface area contributed by atoms with Crippen LogP contribution in [0.4, 0.5) is 0 Å². The first-order valence-electron chi connectivity index (χ1n) is 9.14. The van der Waals surface area contributed by atoms with Gasteiger partial charge in [-0.3, -0.25) is 9.69 Å². The molecular weight excluding hydrogens is 286 g/mol. The van der Waals surface area contributed by atoms with Crippen LogP contribution in [0.15, 0.2) is 18.2 Å². The zero-order chi connectivity index (χ0) is 15.7. The zero-order valence-corrected chi connectivity index (χ0v) is 13.7. The Balaban J connectivity index is 1.55. The van der Waals surface area contributed by atoms with Crippen LogP contribution < -0.4 is 0 Å². The lowest BCUT2D eigenvalue weighted by atomic mass is 9.42. The van der Waals surface area contributed by atoms with Gasteiger partial charge in [-0.1, -0.05) is 13.8 Å². The standard InChI is InChI=1S/C20H23NO2/c1-10-17-20-15(8-16(20)21(17)9-11-3-4-11)19(10,2)14-7-12(22)5-6-13(14)18(20)23/h5-7,10-11,15-17,22H,3-4,8-9H2,1-2H3/t10-,15?,16?,17-,19+,20?/m0/s1. The van der Waals surface area contributed by atoms with Crippen molar-refractivity contribution in [3.63, 3.8) is 0 Å². The molecule has 1 saturated heterocycles. The highest BCUT2D eigenvalue weighted by molar-refractivity contribution is 6.07. The normalized spacial score (nSPS) is 49.2. The molecule has 23 heavy (non-hydrogen) atoms. The number of likely N-dealkylation sites (tertiary alicyclic amines) is 1. The molecule has 1 aromatic rings. The number of ketones is 1. The van der Waals surface area contributed by atoms with Crippen molar-refractivity contribution in [3.05, 3.63) is 29.3 Å². The van der Waals surface area contributed by atoms with Crippen molar-refractivity contribution in [2.24, 2.45) is 23.2 Å². The molecule has 0 aromatic heterocycles. The highest BCUT2D eigenvalue weighted by Crippen LogP contribution is 2.79. The van der Waals surface area contributed by atoms with E-state index in [0.29, 0.717) is 35.5 Å². The molecule has 5 aliphatic rings. The lowest BCUT2D eigenvalue weighted by Crippen LogP contribution is -2.82. The van der Waals surface area contributed by atoms with E-state index in [1.165, 1.54) is 25.8 Å². The van der Waals surface area contributed by atoms with Crippen molar-refractivity contribution in [2.75, 3.05) is 6.54 Å². The predicted molar refractivity (Wildman–Crippen MR) is 86.5 cm³/mol. The number of carbonyl (C=O) groups excluding carboxylic acids is 1. The van der Waals surface area contributed by atoms with Crippen molar-refractivity contribution < 1.29 is 9.90 Å². The second-order valence-corrected chi connectivity index (χ2v) is 8.95. The quantitative estimate of drug-likeness (QED) is 0.913. The van der Waals surface area contributed by atoms with Gasteiger partial charge in [0, 0.05) is 29.6 Å². The van der Waals surface area contributed by atoms with Crippen LogP contribution in [0.5, 0.6) is 5.75 Å². The summed E-state index contributed by atoms with van der Waals surface area (Å²) in [6, 6.07) is 6.37. The third-order valence-corrected chi connectivity index (χ3v) is 8.36. The molecule has 4 fully saturated rings. The maximum absolute atomic E-state index is 13.4. The maximum Gasteiger partial charge on any atom is 0.172 e. The number of carbonyl (C=O) groups is 1. The summed E-state index contributed by atoms with van der Waals surface area (Å²) in [6.45, 7) is 5.92. The van der Waals surface area contributed by atoms with Gasteiger partial charge in [-0.2, -0.15) is 0 Å². The fourth-order valence-electron chi connectivity index (χ4n) is 7.10. The number of hydrogen-bond acceptors (Lipinski definition) is 3. The van der Waals surface area contributed by atoms with Crippen molar-refractivity contribution in [2.45, 2.75) is 50.6 Å². The highest BCUT2D eigenvalue weighted by atomic mass is 16.3. The van der Waals surface area contributed by atoms with E-state index < -0.39 is 0 Å². The van der Waals surface area contributed by atoms with E-state index in [2.05, 4.69) is 18.7 Å². The number of hydrogen-bond donors (Lipinski definition) is 1. The van der Waals surface area contributed by atoms with Crippen LogP contribution >= 0.6 is 0 Å². The third-order valence-electron chi connectivity index (χ3n) is 8.36. The number of aromatic hydroxyl groups is 1. The monoisotopic (exact) mass is 309 g/mol. The van der Waals surface area contributed by atoms with Crippen molar-refractivity contribution in [1.82, 2.24) is 4.90 Å². The van der Waals surface area contributed by atoms with Crippen LogP contribution in [0.25, 0.3) is 0 Å². The molecule has 6 rings (SSSR count). The van der Waals surface area contributed by atoms with Crippen LogP contribution in [0.2, 0.25) is 0 Å². The number of nitrogens with zero attached hydrogens (tertiary/aromatic N) is 1. The van der Waals surface area contributed by atoms with Gasteiger partial charge >= 0.3 is 0 Å². The molecule has 1 heterocycles. The van der Waals surface area contributed by atoms with Gasteiger partial charge in [0.05, 0.1) is 5.41 Å². The molecule has 2 bridgehead atoms. The van der Waals surface area contributed by atoms with E-state index in [9.17, 15) is 9.90 Å². The Morgan fingerprint density at radius 2 is 2.13 bits per heavy atom. The lowest BCUT2D eigenvalue weighted by Gasteiger charge is -2.71. The summed E-state index contributed by atoms with van der Waals surface area (Å²) in [6.07, 6.45) is 3.92. The van der Waals surface area contributed by atoms with Crippen LogP contribution in [-0.4, -0.2) is 34.4 Å². The number of rotatable bonds is 2. The summed E-state index contributed by atoms with van der Waals surface area (Å²) < 4.78 is 0. The van der Waals surface area contributed by atoms with Gasteiger partial charge in [-0.05, 0) is 60.8 Å². The lowest BCUT2D eigenvalue weighted by molar-refractivity contribution is -0.193. The first-order chi connectivity index (χ1) is 11.0. The van der Waals surface area contributed by atoms with Gasteiger partial charge in [0.1, 0.15) is 5.75 Å². The first-order valence-corrected chi connectivity index (χ1v) is 9.14. The number of piperidine rings is 1. The van der Waals surface area contributed by atoms with E-state index in [-0.39, 0.29) is 10.8 Å². The second-order valence-electron chi connectivity index (χ2n) is 8.95. The molecule has 3 saturated carbocycles. The predicted octanol–water partition coefficient (Wildman–Crippen LogP) is 2.97. The zero-order valence-electron chi connectivity index (χ0n) is 13.7.